The standard InChI is InChI=1S/C16H14O/c1-2-5-13(6-3-1)9-10-14-7-4-8-15-11-12-17-16(14)15/h1-10H,11-12H2. The number of fused-ring (bicyclic) bond motifs is 1. The smallest absolute Gasteiger partial charge is 0.129 e. The molecule has 0 bridgehead atoms. The van der Waals surface area contributed by atoms with Gasteiger partial charge in [0.25, 0.3) is 0 Å². The molecule has 0 fully saturated rings. The third kappa shape index (κ3) is 2.09. The van der Waals surface area contributed by atoms with Gasteiger partial charge in [-0.15, -0.1) is 0 Å². The topological polar surface area (TPSA) is 9.23 Å². The molecular weight excluding hydrogens is 208 g/mol. The molecule has 0 aliphatic carbocycles. The van der Waals surface area contributed by atoms with E-state index in [2.05, 4.69) is 42.5 Å². The lowest BCUT2D eigenvalue weighted by molar-refractivity contribution is 0.356. The maximum atomic E-state index is 5.67. The fourth-order valence-electron chi connectivity index (χ4n) is 2.12. The molecule has 0 N–H and O–H groups in total. The first kappa shape index (κ1) is 10.2. The van der Waals surface area contributed by atoms with Crippen molar-refractivity contribution in [3.05, 3.63) is 65.2 Å². The Labute approximate surface area is 101 Å². The summed E-state index contributed by atoms with van der Waals surface area (Å²) in [4.78, 5) is 0. The molecule has 1 heteroatoms. The number of hydrogen-bond acceptors (Lipinski definition) is 1. The molecule has 0 aromatic heterocycles. The lowest BCUT2D eigenvalue weighted by Gasteiger charge is -2.03. The quantitative estimate of drug-likeness (QED) is 0.702. The van der Waals surface area contributed by atoms with Gasteiger partial charge in [-0.1, -0.05) is 60.7 Å². The van der Waals surface area contributed by atoms with Crippen molar-refractivity contribution in [2.45, 2.75) is 6.42 Å². The van der Waals surface area contributed by atoms with Gasteiger partial charge in [0.2, 0.25) is 0 Å². The number of para-hydroxylation sites is 1. The molecule has 0 atom stereocenters. The van der Waals surface area contributed by atoms with E-state index in [0.717, 1.165) is 18.8 Å². The predicted octanol–water partition coefficient (Wildman–Crippen LogP) is 3.79. The predicted molar refractivity (Wildman–Crippen MR) is 71.0 cm³/mol. The average Bonchev–Trinajstić information content (AvgIpc) is 2.86. The van der Waals surface area contributed by atoms with E-state index in [1.165, 1.54) is 16.7 Å². The Morgan fingerprint density at radius 1 is 0.882 bits per heavy atom. The van der Waals surface area contributed by atoms with Crippen molar-refractivity contribution in [3.63, 3.8) is 0 Å². The fourth-order valence-corrected chi connectivity index (χ4v) is 2.12. The minimum Gasteiger partial charge on any atom is -0.492 e. The maximum Gasteiger partial charge on any atom is 0.129 e. The fraction of sp³-hybridized carbons (Fsp3) is 0.125. The molecule has 1 heterocycles. The lowest BCUT2D eigenvalue weighted by atomic mass is 10.1. The molecule has 0 saturated heterocycles. The first-order valence-electron chi connectivity index (χ1n) is 5.91. The van der Waals surface area contributed by atoms with Gasteiger partial charge < -0.3 is 4.74 Å². The summed E-state index contributed by atoms with van der Waals surface area (Å²) in [6, 6.07) is 16.7. The summed E-state index contributed by atoms with van der Waals surface area (Å²) in [6.45, 7) is 0.811. The van der Waals surface area contributed by atoms with E-state index in [1.54, 1.807) is 0 Å². The molecule has 0 unspecified atom stereocenters. The Hall–Kier alpha value is -2.02. The summed E-state index contributed by atoms with van der Waals surface area (Å²) in [7, 11) is 0. The van der Waals surface area contributed by atoms with Gasteiger partial charge in [-0.05, 0) is 11.1 Å². The van der Waals surface area contributed by atoms with Crippen LogP contribution in [0.3, 0.4) is 0 Å². The molecule has 1 nitrogen and oxygen atoms in total. The summed E-state index contributed by atoms with van der Waals surface area (Å²) >= 11 is 0. The van der Waals surface area contributed by atoms with Gasteiger partial charge in [0.05, 0.1) is 6.61 Å². The van der Waals surface area contributed by atoms with Crippen LogP contribution in [0.2, 0.25) is 0 Å². The summed E-state index contributed by atoms with van der Waals surface area (Å²) in [6.07, 6.45) is 5.28. The van der Waals surface area contributed by atoms with Gasteiger partial charge in [-0.25, -0.2) is 0 Å². The van der Waals surface area contributed by atoms with Gasteiger partial charge in [-0.2, -0.15) is 0 Å². The number of ether oxygens (including phenoxy) is 1. The zero-order valence-electron chi connectivity index (χ0n) is 9.60. The molecule has 0 saturated carbocycles. The summed E-state index contributed by atoms with van der Waals surface area (Å²) in [5.74, 6) is 1.06. The van der Waals surface area contributed by atoms with Gasteiger partial charge in [0.1, 0.15) is 5.75 Å². The molecule has 84 valence electrons. The lowest BCUT2D eigenvalue weighted by Crippen LogP contribution is -1.87. The molecule has 0 amide bonds. The molecular formula is C16H14O. The zero-order chi connectivity index (χ0) is 11.5. The van der Waals surface area contributed by atoms with E-state index in [0.29, 0.717) is 0 Å². The normalized spacial score (nSPS) is 13.6. The van der Waals surface area contributed by atoms with E-state index < -0.39 is 0 Å². The van der Waals surface area contributed by atoms with Crippen molar-refractivity contribution in [3.8, 4) is 5.75 Å². The van der Waals surface area contributed by atoms with Crippen LogP contribution in [-0.2, 0) is 6.42 Å². The second-order valence-corrected chi connectivity index (χ2v) is 4.18. The van der Waals surface area contributed by atoms with Gasteiger partial charge in [0.15, 0.2) is 0 Å². The molecule has 17 heavy (non-hydrogen) atoms. The Morgan fingerprint density at radius 2 is 1.76 bits per heavy atom. The SMILES string of the molecule is C(=Cc1cccc2c1OCC2)c1ccccc1. The second kappa shape index (κ2) is 4.46. The average molecular weight is 222 g/mol. The van der Waals surface area contributed by atoms with E-state index >= 15 is 0 Å². The van der Waals surface area contributed by atoms with Crippen LogP contribution in [0.5, 0.6) is 5.75 Å². The third-order valence-electron chi connectivity index (χ3n) is 3.00. The zero-order valence-corrected chi connectivity index (χ0v) is 9.60. The minimum absolute atomic E-state index is 0.811. The first-order chi connectivity index (χ1) is 8.43. The molecule has 1 aliphatic rings. The summed E-state index contributed by atoms with van der Waals surface area (Å²) < 4.78 is 5.67. The molecule has 0 spiro atoms. The van der Waals surface area contributed by atoms with Crippen LogP contribution in [0.15, 0.2) is 48.5 Å². The van der Waals surface area contributed by atoms with Crippen molar-refractivity contribution < 1.29 is 4.74 Å². The summed E-state index contributed by atoms with van der Waals surface area (Å²) in [5, 5.41) is 0. The third-order valence-corrected chi connectivity index (χ3v) is 3.00. The van der Waals surface area contributed by atoms with Crippen LogP contribution in [0.1, 0.15) is 16.7 Å². The monoisotopic (exact) mass is 222 g/mol. The van der Waals surface area contributed by atoms with E-state index in [1.807, 2.05) is 18.2 Å². The summed E-state index contributed by atoms with van der Waals surface area (Å²) in [5.41, 5.74) is 3.70. The van der Waals surface area contributed by atoms with Gasteiger partial charge >= 0.3 is 0 Å². The highest BCUT2D eigenvalue weighted by Gasteiger charge is 2.13. The van der Waals surface area contributed by atoms with E-state index in [9.17, 15) is 0 Å². The van der Waals surface area contributed by atoms with Crippen molar-refractivity contribution in [1.29, 1.82) is 0 Å². The van der Waals surface area contributed by atoms with Crippen molar-refractivity contribution in [1.82, 2.24) is 0 Å². The van der Waals surface area contributed by atoms with Crippen LogP contribution in [-0.4, -0.2) is 6.61 Å². The van der Waals surface area contributed by atoms with Crippen LogP contribution in [0.25, 0.3) is 12.2 Å². The van der Waals surface area contributed by atoms with Crippen molar-refractivity contribution in [2.24, 2.45) is 0 Å². The van der Waals surface area contributed by atoms with E-state index in [-0.39, 0.29) is 0 Å². The molecule has 1 aliphatic heterocycles. The van der Waals surface area contributed by atoms with Crippen LogP contribution >= 0.6 is 0 Å². The maximum absolute atomic E-state index is 5.67. The largest absolute Gasteiger partial charge is 0.492 e. The number of rotatable bonds is 2. The van der Waals surface area contributed by atoms with Crippen LogP contribution < -0.4 is 4.74 Å². The minimum atomic E-state index is 0.811. The molecule has 3 rings (SSSR count). The first-order valence-corrected chi connectivity index (χ1v) is 5.91. The van der Waals surface area contributed by atoms with Crippen LogP contribution in [0, 0.1) is 0 Å². The van der Waals surface area contributed by atoms with Gasteiger partial charge in [-0.3, -0.25) is 0 Å². The second-order valence-electron chi connectivity index (χ2n) is 4.18. The number of benzene rings is 2. The molecule has 2 aromatic carbocycles. The Balaban J connectivity index is 1.91. The molecule has 0 radical (unpaired) electrons. The van der Waals surface area contributed by atoms with Crippen LogP contribution in [0.4, 0.5) is 0 Å². The van der Waals surface area contributed by atoms with Gasteiger partial charge in [0, 0.05) is 12.0 Å². The highest BCUT2D eigenvalue weighted by molar-refractivity contribution is 5.73. The highest BCUT2D eigenvalue weighted by atomic mass is 16.5. The Kier molecular flexibility index (Phi) is 2.66. The van der Waals surface area contributed by atoms with E-state index in [4.69, 9.17) is 4.74 Å². The molecule has 2 aromatic rings. The van der Waals surface area contributed by atoms with Crippen molar-refractivity contribution in [2.75, 3.05) is 6.61 Å². The Morgan fingerprint density at radius 3 is 2.65 bits per heavy atom. The number of hydrogen-bond donors (Lipinski definition) is 0. The van der Waals surface area contributed by atoms with Crippen molar-refractivity contribution >= 4 is 12.2 Å². The Bertz CT molecular complexity index is 541. The highest BCUT2D eigenvalue weighted by Crippen LogP contribution is 2.30.